The van der Waals surface area contributed by atoms with Crippen LogP contribution in [0.4, 0.5) is 18.9 Å². The van der Waals surface area contributed by atoms with Gasteiger partial charge in [-0.3, -0.25) is 9.69 Å². The molecule has 0 radical (unpaired) electrons. The summed E-state index contributed by atoms with van der Waals surface area (Å²) in [6.45, 7) is 3.70. The van der Waals surface area contributed by atoms with Crippen molar-refractivity contribution in [2.24, 2.45) is 12.5 Å². The van der Waals surface area contributed by atoms with Crippen molar-refractivity contribution in [1.29, 1.82) is 0 Å². The molecule has 2 fully saturated rings. The predicted octanol–water partition coefficient (Wildman–Crippen LogP) is 4.14. The van der Waals surface area contributed by atoms with E-state index in [1.807, 2.05) is 35.6 Å². The predicted molar refractivity (Wildman–Crippen MR) is 123 cm³/mol. The van der Waals surface area contributed by atoms with Crippen LogP contribution in [-0.4, -0.2) is 48.6 Å². The molecule has 3 aromatic rings. The minimum atomic E-state index is -4.64. The van der Waals surface area contributed by atoms with Crippen LogP contribution in [0.25, 0.3) is 0 Å². The molecule has 186 valence electrons. The third-order valence-corrected chi connectivity index (χ3v) is 7.13. The molecule has 3 heterocycles. The Kier molecular flexibility index (Phi) is 5.90. The van der Waals surface area contributed by atoms with Crippen LogP contribution in [-0.2, 0) is 26.2 Å². The van der Waals surface area contributed by atoms with Gasteiger partial charge < -0.3 is 14.9 Å². The number of nitrogens with one attached hydrogen (secondary N) is 2. The fraction of sp³-hybridized carbons (Fsp3) is 0.500. The van der Waals surface area contributed by atoms with Gasteiger partial charge in [0.1, 0.15) is 12.2 Å². The second-order valence-electron chi connectivity index (χ2n) is 9.91. The van der Waals surface area contributed by atoms with Crippen LogP contribution >= 0.6 is 0 Å². The van der Waals surface area contributed by atoms with Gasteiger partial charge in [0.25, 0.3) is 5.91 Å². The van der Waals surface area contributed by atoms with Crippen molar-refractivity contribution in [1.82, 2.24) is 29.6 Å². The molecule has 1 spiro atoms. The van der Waals surface area contributed by atoms with Gasteiger partial charge in [0, 0.05) is 32.2 Å². The number of alkyl halides is 3. The fourth-order valence-electron chi connectivity index (χ4n) is 4.83. The van der Waals surface area contributed by atoms with Gasteiger partial charge in [-0.05, 0) is 54.8 Å². The van der Waals surface area contributed by atoms with Gasteiger partial charge in [-0.15, -0.1) is 10.2 Å². The lowest BCUT2D eigenvalue weighted by atomic mass is 9.97. The number of rotatable bonds is 7. The Labute approximate surface area is 201 Å². The highest BCUT2D eigenvalue weighted by Crippen LogP contribution is 2.52. The molecule has 0 unspecified atom stereocenters. The third-order valence-electron chi connectivity index (χ3n) is 7.13. The van der Waals surface area contributed by atoms with E-state index < -0.39 is 17.8 Å². The number of halogens is 3. The number of carbonyl (C=O) groups is 1. The average molecular weight is 488 g/mol. The zero-order valence-electron chi connectivity index (χ0n) is 19.7. The van der Waals surface area contributed by atoms with E-state index in [9.17, 15) is 18.0 Å². The molecule has 1 aromatic carbocycles. The quantitative estimate of drug-likeness (QED) is 0.523. The van der Waals surface area contributed by atoms with Crippen LogP contribution in [0.2, 0.25) is 0 Å². The maximum Gasteiger partial charge on any atom is 0.435 e. The minimum Gasteiger partial charge on any atom is -0.336 e. The number of amides is 1. The normalized spacial score (nSPS) is 18.2. The number of likely N-dealkylation sites (tertiary alicyclic amines) is 1. The summed E-state index contributed by atoms with van der Waals surface area (Å²) in [4.78, 5) is 21.1. The fourth-order valence-corrected chi connectivity index (χ4v) is 4.83. The van der Waals surface area contributed by atoms with Crippen LogP contribution < -0.4 is 5.32 Å². The number of aromatic nitrogens is 5. The number of imidazole rings is 1. The second kappa shape index (κ2) is 8.78. The van der Waals surface area contributed by atoms with Crippen molar-refractivity contribution < 1.29 is 18.0 Å². The van der Waals surface area contributed by atoms with Crippen LogP contribution in [0.15, 0.2) is 30.6 Å². The molecule has 1 saturated heterocycles. The Morgan fingerprint density at radius 2 is 2.09 bits per heavy atom. The molecular formula is C24H28F3N7O. The van der Waals surface area contributed by atoms with Gasteiger partial charge >= 0.3 is 6.18 Å². The van der Waals surface area contributed by atoms with Crippen molar-refractivity contribution in [2.75, 3.05) is 18.4 Å². The zero-order chi connectivity index (χ0) is 24.8. The second-order valence-corrected chi connectivity index (χ2v) is 9.91. The summed E-state index contributed by atoms with van der Waals surface area (Å²) < 4.78 is 42.9. The van der Waals surface area contributed by atoms with Gasteiger partial charge in [0.15, 0.2) is 11.5 Å². The largest absolute Gasteiger partial charge is 0.435 e. The van der Waals surface area contributed by atoms with Crippen LogP contribution in [0, 0.1) is 5.41 Å². The van der Waals surface area contributed by atoms with E-state index in [-0.39, 0.29) is 24.0 Å². The number of aromatic amines is 1. The molecule has 8 nitrogen and oxygen atoms in total. The van der Waals surface area contributed by atoms with E-state index in [0.717, 1.165) is 43.7 Å². The monoisotopic (exact) mass is 487 g/mol. The Balaban J connectivity index is 1.30. The van der Waals surface area contributed by atoms with Crippen molar-refractivity contribution in [2.45, 2.75) is 51.2 Å². The lowest BCUT2D eigenvalue weighted by Crippen LogP contribution is -2.22. The first-order valence-corrected chi connectivity index (χ1v) is 11.7. The van der Waals surface area contributed by atoms with E-state index in [2.05, 4.69) is 25.5 Å². The van der Waals surface area contributed by atoms with Gasteiger partial charge in [0.05, 0.1) is 5.69 Å². The highest BCUT2D eigenvalue weighted by molar-refractivity contribution is 6.01. The molecule has 11 heteroatoms. The summed E-state index contributed by atoms with van der Waals surface area (Å²) in [7, 11) is 1.87. The third kappa shape index (κ3) is 5.09. The molecule has 1 atom stereocenters. The van der Waals surface area contributed by atoms with Crippen molar-refractivity contribution in [3.8, 4) is 0 Å². The molecule has 1 amide bonds. The van der Waals surface area contributed by atoms with E-state index in [1.165, 1.54) is 0 Å². The lowest BCUT2D eigenvalue weighted by Gasteiger charge is -2.16. The molecule has 5 rings (SSSR count). The minimum absolute atomic E-state index is 0.0635. The number of anilines is 1. The standard InChI is InChI=1S/C24H28F3N7O/c1-15(10-19-32-28-14-33(19)2)16-4-3-5-17(11-16)29-22(35)21-30-18(20(31-21)24(25,26)27)12-34-9-8-23(13-34)6-7-23/h3-5,11,14-15H,6-10,12-13H2,1-2H3,(H,29,35)(H,30,31)/t15-/m1/s1. The molecule has 1 aliphatic heterocycles. The summed E-state index contributed by atoms with van der Waals surface area (Å²) in [5.41, 5.74) is 0.661. The first kappa shape index (κ1) is 23.5. The zero-order valence-corrected chi connectivity index (χ0v) is 19.7. The Morgan fingerprint density at radius 3 is 2.74 bits per heavy atom. The smallest absolute Gasteiger partial charge is 0.336 e. The summed E-state index contributed by atoms with van der Waals surface area (Å²) in [6, 6.07) is 7.25. The summed E-state index contributed by atoms with van der Waals surface area (Å²) in [6.07, 6.45) is 0.949. The van der Waals surface area contributed by atoms with Crippen molar-refractivity contribution in [3.05, 3.63) is 59.2 Å². The highest BCUT2D eigenvalue weighted by Gasteiger charge is 2.48. The van der Waals surface area contributed by atoms with Crippen molar-refractivity contribution >= 4 is 11.6 Å². The first-order valence-electron chi connectivity index (χ1n) is 11.7. The van der Waals surface area contributed by atoms with Crippen LogP contribution in [0.5, 0.6) is 0 Å². The number of H-pyrrole nitrogens is 1. The van der Waals surface area contributed by atoms with E-state index in [1.54, 1.807) is 18.5 Å². The summed E-state index contributed by atoms with van der Waals surface area (Å²) >= 11 is 0. The van der Waals surface area contributed by atoms with E-state index >= 15 is 0 Å². The molecule has 2 N–H and O–H groups in total. The van der Waals surface area contributed by atoms with E-state index in [0.29, 0.717) is 17.5 Å². The number of benzene rings is 1. The summed E-state index contributed by atoms with van der Waals surface area (Å²) in [5.74, 6) is -0.123. The molecule has 2 aliphatic rings. The van der Waals surface area contributed by atoms with Crippen LogP contribution in [0.1, 0.15) is 65.5 Å². The molecule has 35 heavy (non-hydrogen) atoms. The summed E-state index contributed by atoms with van der Waals surface area (Å²) in [5, 5.41) is 10.7. The number of nitrogens with zero attached hydrogens (tertiary/aromatic N) is 5. The Morgan fingerprint density at radius 1 is 1.29 bits per heavy atom. The Hall–Kier alpha value is -3.21. The SMILES string of the molecule is C[C@H](Cc1nncn1C)c1cccc(NC(=O)c2nc(C(F)(F)F)c(CN3CCC4(CC4)C3)[nH]2)c1. The number of carbonyl (C=O) groups excluding carboxylic acids is 1. The number of hydrogen-bond donors (Lipinski definition) is 2. The maximum absolute atomic E-state index is 13.7. The van der Waals surface area contributed by atoms with Gasteiger partial charge in [-0.1, -0.05) is 19.1 Å². The molecule has 0 bridgehead atoms. The number of hydrogen-bond acceptors (Lipinski definition) is 5. The molecule has 1 aliphatic carbocycles. The van der Waals surface area contributed by atoms with Gasteiger partial charge in [-0.25, -0.2) is 4.98 Å². The molecule has 1 saturated carbocycles. The maximum atomic E-state index is 13.7. The lowest BCUT2D eigenvalue weighted by molar-refractivity contribution is -0.141. The number of aryl methyl sites for hydroxylation is 1. The molecular weight excluding hydrogens is 459 g/mol. The first-order chi connectivity index (χ1) is 16.6. The topological polar surface area (TPSA) is 91.7 Å². The molecule has 2 aromatic heterocycles. The van der Waals surface area contributed by atoms with Crippen molar-refractivity contribution in [3.63, 3.8) is 0 Å². The average Bonchev–Trinajstić information content (AvgIpc) is 3.11. The van der Waals surface area contributed by atoms with E-state index in [4.69, 9.17) is 0 Å². The van der Waals surface area contributed by atoms with Gasteiger partial charge in [0.2, 0.25) is 0 Å². The highest BCUT2D eigenvalue weighted by atomic mass is 19.4. The van der Waals surface area contributed by atoms with Crippen LogP contribution in [0.3, 0.4) is 0 Å². The Bertz CT molecular complexity index is 1230. The van der Waals surface area contributed by atoms with Gasteiger partial charge in [-0.2, -0.15) is 13.2 Å².